The van der Waals surface area contributed by atoms with Crippen LogP contribution in [0.4, 0.5) is 4.39 Å². The monoisotopic (exact) mass is 263 g/mol. The molecule has 102 valence electrons. The van der Waals surface area contributed by atoms with Crippen LogP contribution in [0.2, 0.25) is 0 Å². The minimum absolute atomic E-state index is 0.0552. The van der Waals surface area contributed by atoms with Gasteiger partial charge in [0.25, 0.3) is 5.91 Å². The first-order valence-corrected chi connectivity index (χ1v) is 6.36. The van der Waals surface area contributed by atoms with Gasteiger partial charge >= 0.3 is 0 Å². The molecule has 1 rings (SSSR count). The molecule has 0 fully saturated rings. The van der Waals surface area contributed by atoms with Crippen molar-refractivity contribution < 1.29 is 14.3 Å². The largest absolute Gasteiger partial charge is 0.395 e. The molecule has 0 atom stereocenters. The van der Waals surface area contributed by atoms with Gasteiger partial charge < -0.3 is 10.4 Å². The van der Waals surface area contributed by atoms with Crippen LogP contribution in [0.25, 0.3) is 0 Å². The van der Waals surface area contributed by atoms with Crippen molar-refractivity contribution in [3.8, 4) is 11.8 Å². The fraction of sp³-hybridized carbons (Fsp3) is 0.400. The third-order valence-corrected chi connectivity index (χ3v) is 2.50. The van der Waals surface area contributed by atoms with Crippen LogP contribution in [0.1, 0.15) is 42.1 Å². The molecule has 4 heteroatoms. The minimum atomic E-state index is -0.432. The fourth-order valence-electron chi connectivity index (χ4n) is 1.51. The average molecular weight is 263 g/mol. The van der Waals surface area contributed by atoms with Crippen molar-refractivity contribution in [2.24, 2.45) is 0 Å². The number of hydrogen-bond acceptors (Lipinski definition) is 2. The first-order valence-electron chi connectivity index (χ1n) is 6.36. The van der Waals surface area contributed by atoms with Crippen LogP contribution in [0, 0.1) is 17.7 Å². The lowest BCUT2D eigenvalue weighted by atomic mass is 10.1. The average Bonchev–Trinajstić information content (AvgIpc) is 2.39. The Balaban J connectivity index is 2.87. The Hall–Kier alpha value is -1.86. The number of hydrogen-bond donors (Lipinski definition) is 2. The molecule has 0 heterocycles. The molecule has 0 aliphatic rings. The topological polar surface area (TPSA) is 49.3 Å². The Morgan fingerprint density at radius 1 is 1.47 bits per heavy atom. The molecule has 1 amide bonds. The normalized spacial score (nSPS) is 9.63. The maximum absolute atomic E-state index is 13.2. The van der Waals surface area contributed by atoms with Crippen LogP contribution in [0.5, 0.6) is 0 Å². The summed E-state index contributed by atoms with van der Waals surface area (Å²) in [5.74, 6) is 4.73. The summed E-state index contributed by atoms with van der Waals surface area (Å²) in [6.07, 6.45) is 2.19. The van der Waals surface area contributed by atoms with E-state index >= 15 is 0 Å². The summed E-state index contributed by atoms with van der Waals surface area (Å²) in [6, 6.07) is 3.91. The highest BCUT2D eigenvalue weighted by molar-refractivity contribution is 5.96. The Kier molecular flexibility index (Phi) is 6.62. The summed E-state index contributed by atoms with van der Waals surface area (Å²) >= 11 is 0. The Bertz CT molecular complexity index is 489. The second kappa shape index (κ2) is 8.28. The Morgan fingerprint density at radius 2 is 2.26 bits per heavy atom. The second-order valence-corrected chi connectivity index (χ2v) is 4.07. The predicted octanol–water partition coefficient (Wildman–Crippen LogP) is 2.09. The Morgan fingerprint density at radius 3 is 2.95 bits per heavy atom. The highest BCUT2D eigenvalue weighted by Crippen LogP contribution is 2.10. The van der Waals surface area contributed by atoms with Gasteiger partial charge in [0.15, 0.2) is 0 Å². The summed E-state index contributed by atoms with van der Waals surface area (Å²) in [4.78, 5) is 11.9. The number of carbonyl (C=O) groups excluding carboxylic acids is 1. The summed E-state index contributed by atoms with van der Waals surface area (Å²) in [7, 11) is 0. The van der Waals surface area contributed by atoms with Crippen molar-refractivity contribution in [2.75, 3.05) is 13.2 Å². The number of unbranched alkanes of at least 4 members (excludes halogenated alkanes) is 1. The molecule has 0 unspecified atom stereocenters. The second-order valence-electron chi connectivity index (χ2n) is 4.07. The van der Waals surface area contributed by atoms with Crippen molar-refractivity contribution in [1.82, 2.24) is 5.32 Å². The van der Waals surface area contributed by atoms with Gasteiger partial charge in [0.05, 0.1) is 12.2 Å². The standard InChI is InChI=1S/C15H18FNO2/c1-2-3-9-17-15(19)14-8-7-13(16)11-12(14)6-4-5-10-18/h7-8,11,18H,2-3,5,9-10H2,1H3,(H,17,19). The Labute approximate surface area is 112 Å². The molecule has 3 nitrogen and oxygen atoms in total. The van der Waals surface area contributed by atoms with E-state index in [-0.39, 0.29) is 12.5 Å². The third kappa shape index (κ3) is 5.11. The number of carbonyl (C=O) groups is 1. The fourth-order valence-corrected chi connectivity index (χ4v) is 1.51. The predicted molar refractivity (Wildman–Crippen MR) is 72.2 cm³/mol. The summed E-state index contributed by atoms with van der Waals surface area (Å²) in [5, 5.41) is 11.4. The van der Waals surface area contributed by atoms with Gasteiger partial charge in [0.2, 0.25) is 0 Å². The highest BCUT2D eigenvalue weighted by Gasteiger charge is 2.10. The minimum Gasteiger partial charge on any atom is -0.395 e. The zero-order chi connectivity index (χ0) is 14.1. The van der Waals surface area contributed by atoms with Crippen molar-refractivity contribution in [2.45, 2.75) is 26.2 Å². The number of benzene rings is 1. The maximum atomic E-state index is 13.2. The zero-order valence-electron chi connectivity index (χ0n) is 11.0. The lowest BCUT2D eigenvalue weighted by Gasteiger charge is -2.06. The molecule has 0 saturated carbocycles. The van der Waals surface area contributed by atoms with Crippen molar-refractivity contribution in [3.05, 3.63) is 35.1 Å². The molecule has 0 aliphatic carbocycles. The quantitative estimate of drug-likeness (QED) is 0.631. The van der Waals surface area contributed by atoms with Crippen LogP contribution in [-0.2, 0) is 0 Å². The molecule has 0 aliphatic heterocycles. The van der Waals surface area contributed by atoms with E-state index in [0.717, 1.165) is 12.8 Å². The molecule has 1 aromatic rings. The lowest BCUT2D eigenvalue weighted by molar-refractivity contribution is 0.0953. The molecule has 0 saturated heterocycles. The molecule has 0 bridgehead atoms. The van der Waals surface area contributed by atoms with E-state index in [1.807, 2.05) is 6.92 Å². The molecule has 19 heavy (non-hydrogen) atoms. The van der Waals surface area contributed by atoms with Crippen molar-refractivity contribution in [1.29, 1.82) is 0 Å². The van der Waals surface area contributed by atoms with E-state index in [1.54, 1.807) is 0 Å². The number of aliphatic hydroxyl groups excluding tert-OH is 1. The zero-order valence-corrected chi connectivity index (χ0v) is 11.0. The summed E-state index contributed by atoms with van der Waals surface area (Å²) < 4.78 is 13.2. The van der Waals surface area contributed by atoms with Gasteiger partial charge in [-0.1, -0.05) is 25.2 Å². The number of rotatable bonds is 5. The van der Waals surface area contributed by atoms with Crippen molar-refractivity contribution >= 4 is 5.91 Å². The van der Waals surface area contributed by atoms with E-state index in [9.17, 15) is 9.18 Å². The number of halogens is 1. The van der Waals surface area contributed by atoms with Gasteiger partial charge in [0, 0.05) is 18.5 Å². The van der Waals surface area contributed by atoms with Crippen LogP contribution in [0.3, 0.4) is 0 Å². The molecule has 0 spiro atoms. The highest BCUT2D eigenvalue weighted by atomic mass is 19.1. The van der Waals surface area contributed by atoms with Gasteiger partial charge in [0.1, 0.15) is 5.82 Å². The molecular formula is C15H18FNO2. The number of aliphatic hydroxyl groups is 1. The van der Waals surface area contributed by atoms with Gasteiger partial charge in [-0.15, -0.1) is 0 Å². The first kappa shape index (κ1) is 15.2. The van der Waals surface area contributed by atoms with Crippen LogP contribution in [-0.4, -0.2) is 24.2 Å². The number of nitrogens with one attached hydrogen (secondary N) is 1. The number of amides is 1. The van der Waals surface area contributed by atoms with Gasteiger partial charge in [-0.3, -0.25) is 4.79 Å². The molecule has 0 radical (unpaired) electrons. The van der Waals surface area contributed by atoms with Gasteiger partial charge in [-0.2, -0.15) is 0 Å². The van der Waals surface area contributed by atoms with E-state index in [4.69, 9.17) is 5.11 Å². The van der Waals surface area contributed by atoms with E-state index < -0.39 is 5.82 Å². The van der Waals surface area contributed by atoms with Crippen molar-refractivity contribution in [3.63, 3.8) is 0 Å². The van der Waals surface area contributed by atoms with E-state index in [1.165, 1.54) is 18.2 Å². The summed E-state index contributed by atoms with van der Waals surface area (Å²) in [5.41, 5.74) is 0.713. The van der Waals surface area contributed by atoms with E-state index in [2.05, 4.69) is 17.2 Å². The SMILES string of the molecule is CCCCNC(=O)c1ccc(F)cc1C#CCCO. The first-order chi connectivity index (χ1) is 9.19. The van der Waals surface area contributed by atoms with Crippen LogP contribution >= 0.6 is 0 Å². The molecule has 1 aromatic carbocycles. The molecular weight excluding hydrogens is 245 g/mol. The van der Waals surface area contributed by atoms with Gasteiger partial charge in [-0.25, -0.2) is 4.39 Å². The van der Waals surface area contributed by atoms with E-state index in [0.29, 0.717) is 24.1 Å². The lowest BCUT2D eigenvalue weighted by Crippen LogP contribution is -2.25. The maximum Gasteiger partial charge on any atom is 0.252 e. The molecule has 2 N–H and O–H groups in total. The molecule has 0 aromatic heterocycles. The summed E-state index contributed by atoms with van der Waals surface area (Å²) in [6.45, 7) is 2.58. The van der Waals surface area contributed by atoms with Crippen LogP contribution in [0.15, 0.2) is 18.2 Å². The third-order valence-electron chi connectivity index (χ3n) is 2.50. The van der Waals surface area contributed by atoms with Crippen LogP contribution < -0.4 is 5.32 Å². The van der Waals surface area contributed by atoms with Gasteiger partial charge in [-0.05, 0) is 24.6 Å². The smallest absolute Gasteiger partial charge is 0.252 e.